The predicted molar refractivity (Wildman–Crippen MR) is 58.7 cm³/mol. The van der Waals surface area contributed by atoms with Crippen LogP contribution in [0.4, 0.5) is 22.0 Å². The number of halogens is 5. The van der Waals surface area contributed by atoms with Gasteiger partial charge in [0.15, 0.2) is 5.75 Å². The van der Waals surface area contributed by atoms with Crippen molar-refractivity contribution >= 4 is 0 Å². The summed E-state index contributed by atoms with van der Waals surface area (Å²) < 4.78 is 75.7. The Kier molecular flexibility index (Phi) is 4.14. The van der Waals surface area contributed by atoms with E-state index in [1.54, 1.807) is 6.92 Å². The van der Waals surface area contributed by atoms with Gasteiger partial charge in [-0.1, -0.05) is 0 Å². The standard InChI is InChI=1S/C12H12F5NO2/c1-2-19-11-4(18)3-5(11)20-12-9(16)7(14)6(13)8(15)10(12)17/h4-5,11H,2-3,18H2,1H3. The molecule has 1 aromatic rings. The van der Waals surface area contributed by atoms with Crippen LogP contribution in [0.3, 0.4) is 0 Å². The molecule has 0 saturated heterocycles. The molecular weight excluding hydrogens is 285 g/mol. The van der Waals surface area contributed by atoms with E-state index in [-0.39, 0.29) is 13.0 Å². The summed E-state index contributed by atoms with van der Waals surface area (Å²) in [5.41, 5.74) is 5.61. The zero-order valence-corrected chi connectivity index (χ0v) is 10.4. The molecule has 1 fully saturated rings. The molecule has 1 aromatic carbocycles. The Morgan fingerprint density at radius 3 is 1.95 bits per heavy atom. The van der Waals surface area contributed by atoms with E-state index < -0.39 is 53.1 Å². The summed E-state index contributed by atoms with van der Waals surface area (Å²) in [6.07, 6.45) is -1.29. The zero-order valence-electron chi connectivity index (χ0n) is 10.4. The molecule has 0 amide bonds. The normalized spacial score (nSPS) is 25.4. The van der Waals surface area contributed by atoms with Gasteiger partial charge in [0.25, 0.3) is 0 Å². The second-order valence-corrected chi connectivity index (χ2v) is 4.37. The lowest BCUT2D eigenvalue weighted by Crippen LogP contribution is -2.59. The molecule has 8 heteroatoms. The van der Waals surface area contributed by atoms with Crippen LogP contribution in [0.2, 0.25) is 0 Å². The van der Waals surface area contributed by atoms with Crippen molar-refractivity contribution in [3.05, 3.63) is 29.1 Å². The molecule has 2 N–H and O–H groups in total. The van der Waals surface area contributed by atoms with Crippen molar-refractivity contribution in [2.75, 3.05) is 6.61 Å². The van der Waals surface area contributed by atoms with Gasteiger partial charge in [0.2, 0.25) is 29.1 Å². The van der Waals surface area contributed by atoms with Crippen molar-refractivity contribution in [3.8, 4) is 5.75 Å². The number of hydrogen-bond donors (Lipinski definition) is 1. The minimum atomic E-state index is -2.22. The molecule has 0 spiro atoms. The highest BCUT2D eigenvalue weighted by Crippen LogP contribution is 2.34. The summed E-state index contributed by atoms with van der Waals surface area (Å²) in [5, 5.41) is 0. The van der Waals surface area contributed by atoms with Gasteiger partial charge >= 0.3 is 0 Å². The Bertz CT molecular complexity index is 496. The third kappa shape index (κ3) is 2.33. The van der Waals surface area contributed by atoms with E-state index in [1.807, 2.05) is 0 Å². The smallest absolute Gasteiger partial charge is 0.207 e. The second kappa shape index (κ2) is 5.53. The SMILES string of the molecule is CCOC1C(N)CC1Oc1c(F)c(F)c(F)c(F)c1F. The Morgan fingerprint density at radius 2 is 1.50 bits per heavy atom. The van der Waals surface area contributed by atoms with Crippen LogP contribution in [0.5, 0.6) is 5.75 Å². The summed E-state index contributed by atoms with van der Waals surface area (Å²) in [6, 6.07) is -0.402. The van der Waals surface area contributed by atoms with E-state index >= 15 is 0 Å². The minimum Gasteiger partial charge on any atom is -0.481 e. The molecule has 0 aromatic heterocycles. The molecule has 3 unspecified atom stereocenters. The van der Waals surface area contributed by atoms with E-state index in [2.05, 4.69) is 0 Å². The topological polar surface area (TPSA) is 44.5 Å². The molecule has 0 heterocycles. The fraction of sp³-hybridized carbons (Fsp3) is 0.500. The summed E-state index contributed by atoms with van der Waals surface area (Å²) in [7, 11) is 0. The van der Waals surface area contributed by atoms with Crippen molar-refractivity contribution in [1.82, 2.24) is 0 Å². The first-order chi connectivity index (χ1) is 9.38. The van der Waals surface area contributed by atoms with Gasteiger partial charge in [-0.15, -0.1) is 0 Å². The van der Waals surface area contributed by atoms with Crippen molar-refractivity contribution in [1.29, 1.82) is 0 Å². The van der Waals surface area contributed by atoms with Crippen LogP contribution in [0, 0.1) is 29.1 Å². The molecule has 3 atom stereocenters. The Hall–Kier alpha value is -1.41. The van der Waals surface area contributed by atoms with E-state index in [0.717, 1.165) is 0 Å². The highest BCUT2D eigenvalue weighted by Gasteiger charge is 2.43. The van der Waals surface area contributed by atoms with E-state index in [4.69, 9.17) is 15.2 Å². The first kappa shape index (κ1) is 15.0. The van der Waals surface area contributed by atoms with Crippen molar-refractivity contribution in [3.63, 3.8) is 0 Å². The maximum absolute atomic E-state index is 13.4. The number of ether oxygens (including phenoxy) is 2. The van der Waals surface area contributed by atoms with Crippen molar-refractivity contribution in [2.45, 2.75) is 31.6 Å². The van der Waals surface area contributed by atoms with Crippen LogP contribution in [0.1, 0.15) is 13.3 Å². The molecular formula is C12H12F5NO2. The number of benzene rings is 1. The fourth-order valence-electron chi connectivity index (χ4n) is 1.99. The van der Waals surface area contributed by atoms with Crippen LogP contribution in [0.15, 0.2) is 0 Å². The number of rotatable bonds is 4. The predicted octanol–water partition coefficient (Wildman–Crippen LogP) is 2.27. The molecule has 1 aliphatic rings. The maximum atomic E-state index is 13.4. The zero-order chi connectivity index (χ0) is 15.0. The van der Waals surface area contributed by atoms with Crippen LogP contribution in [-0.2, 0) is 4.74 Å². The van der Waals surface area contributed by atoms with Gasteiger partial charge in [0.05, 0.1) is 0 Å². The Morgan fingerprint density at radius 1 is 1.00 bits per heavy atom. The molecule has 0 aliphatic heterocycles. The average Bonchev–Trinajstić information content (AvgIpc) is 2.43. The van der Waals surface area contributed by atoms with Crippen molar-refractivity contribution in [2.24, 2.45) is 5.73 Å². The fourth-order valence-corrected chi connectivity index (χ4v) is 1.99. The Balaban J connectivity index is 2.26. The first-order valence-corrected chi connectivity index (χ1v) is 5.93. The molecule has 1 aliphatic carbocycles. The number of hydrogen-bond acceptors (Lipinski definition) is 3. The van der Waals surface area contributed by atoms with Gasteiger partial charge in [0.1, 0.15) is 12.2 Å². The van der Waals surface area contributed by atoms with Gasteiger partial charge in [-0.05, 0) is 6.92 Å². The average molecular weight is 297 g/mol. The molecule has 2 rings (SSSR count). The maximum Gasteiger partial charge on any atom is 0.207 e. The Labute approximate surface area is 111 Å². The summed E-state index contributed by atoms with van der Waals surface area (Å²) in [4.78, 5) is 0. The minimum absolute atomic E-state index is 0.199. The quantitative estimate of drug-likeness (QED) is 0.527. The molecule has 3 nitrogen and oxygen atoms in total. The summed E-state index contributed by atoms with van der Waals surface area (Å²) in [5.74, 6) is -11.6. The van der Waals surface area contributed by atoms with E-state index in [1.165, 1.54) is 0 Å². The van der Waals surface area contributed by atoms with Gasteiger partial charge in [-0.2, -0.15) is 8.78 Å². The van der Waals surface area contributed by atoms with Gasteiger partial charge in [0, 0.05) is 19.1 Å². The van der Waals surface area contributed by atoms with Crippen molar-refractivity contribution < 1.29 is 31.4 Å². The first-order valence-electron chi connectivity index (χ1n) is 5.93. The molecule has 20 heavy (non-hydrogen) atoms. The number of nitrogens with two attached hydrogens (primary N) is 1. The lowest BCUT2D eigenvalue weighted by Gasteiger charge is -2.41. The third-order valence-corrected chi connectivity index (χ3v) is 3.09. The monoisotopic (exact) mass is 297 g/mol. The van der Waals surface area contributed by atoms with Crippen LogP contribution < -0.4 is 10.5 Å². The largest absolute Gasteiger partial charge is 0.481 e. The molecule has 0 radical (unpaired) electrons. The summed E-state index contributed by atoms with van der Waals surface area (Å²) in [6.45, 7) is 1.97. The highest BCUT2D eigenvalue weighted by molar-refractivity contribution is 5.30. The molecule has 1 saturated carbocycles. The van der Waals surface area contributed by atoms with Gasteiger partial charge in [-0.25, -0.2) is 13.2 Å². The highest BCUT2D eigenvalue weighted by atomic mass is 19.2. The lowest BCUT2D eigenvalue weighted by molar-refractivity contribution is -0.0969. The molecule has 112 valence electrons. The van der Waals surface area contributed by atoms with E-state index in [0.29, 0.717) is 0 Å². The van der Waals surface area contributed by atoms with E-state index in [9.17, 15) is 22.0 Å². The summed E-state index contributed by atoms with van der Waals surface area (Å²) >= 11 is 0. The van der Waals surface area contributed by atoms with Gasteiger partial charge < -0.3 is 15.2 Å². The van der Waals surface area contributed by atoms with Crippen LogP contribution >= 0.6 is 0 Å². The van der Waals surface area contributed by atoms with Gasteiger partial charge in [-0.3, -0.25) is 0 Å². The molecule has 0 bridgehead atoms. The third-order valence-electron chi connectivity index (χ3n) is 3.09. The second-order valence-electron chi connectivity index (χ2n) is 4.37. The van der Waals surface area contributed by atoms with Crippen LogP contribution in [0.25, 0.3) is 0 Å². The lowest BCUT2D eigenvalue weighted by atomic mass is 9.86. The van der Waals surface area contributed by atoms with Crippen LogP contribution in [-0.4, -0.2) is 24.9 Å².